The summed E-state index contributed by atoms with van der Waals surface area (Å²) < 4.78 is 0. The maximum absolute atomic E-state index is 12.5. The average Bonchev–Trinajstić information content (AvgIpc) is 3.01. The Morgan fingerprint density at radius 2 is 1.83 bits per heavy atom. The van der Waals surface area contributed by atoms with Gasteiger partial charge in [-0.25, -0.2) is 0 Å². The zero-order valence-electron chi connectivity index (χ0n) is 13.3. The van der Waals surface area contributed by atoms with Crippen molar-refractivity contribution in [1.82, 2.24) is 15.5 Å². The van der Waals surface area contributed by atoms with E-state index in [0.717, 1.165) is 38.6 Å². The lowest BCUT2D eigenvalue weighted by Crippen LogP contribution is -2.48. The van der Waals surface area contributed by atoms with E-state index in [1.807, 2.05) is 0 Å². The van der Waals surface area contributed by atoms with Gasteiger partial charge in [0.15, 0.2) is 0 Å². The van der Waals surface area contributed by atoms with E-state index in [1.165, 1.54) is 11.1 Å². The van der Waals surface area contributed by atoms with Crippen molar-refractivity contribution in [3.8, 4) is 0 Å². The Balaban J connectivity index is 1.41. The SMILES string of the molecule is O=C(CN1[C@H]2CC[C@H]1c1ccccc12)N[C@H]1CCCCNC1=O. The summed E-state index contributed by atoms with van der Waals surface area (Å²) in [7, 11) is 0. The molecule has 23 heavy (non-hydrogen) atoms. The summed E-state index contributed by atoms with van der Waals surface area (Å²) in [5.41, 5.74) is 2.76. The Hall–Kier alpha value is -1.88. The van der Waals surface area contributed by atoms with Gasteiger partial charge in [-0.05, 0) is 43.2 Å². The molecular formula is C18H23N3O2. The van der Waals surface area contributed by atoms with Crippen molar-refractivity contribution in [3.05, 3.63) is 35.4 Å². The van der Waals surface area contributed by atoms with Gasteiger partial charge in [-0.15, -0.1) is 0 Å². The Bertz CT molecular complexity index is 599. The molecule has 2 N–H and O–H groups in total. The zero-order chi connectivity index (χ0) is 15.8. The van der Waals surface area contributed by atoms with Gasteiger partial charge in [0, 0.05) is 18.6 Å². The second-order valence-corrected chi connectivity index (χ2v) is 6.82. The molecule has 2 amide bonds. The topological polar surface area (TPSA) is 61.4 Å². The predicted octanol–water partition coefficient (Wildman–Crippen LogP) is 1.66. The molecule has 122 valence electrons. The zero-order valence-corrected chi connectivity index (χ0v) is 13.3. The minimum atomic E-state index is -0.368. The molecule has 2 bridgehead atoms. The summed E-state index contributed by atoms with van der Waals surface area (Å²) in [6.07, 6.45) is 4.95. The predicted molar refractivity (Wildman–Crippen MR) is 86.7 cm³/mol. The largest absolute Gasteiger partial charge is 0.354 e. The van der Waals surface area contributed by atoms with Crippen LogP contribution in [0.5, 0.6) is 0 Å². The van der Waals surface area contributed by atoms with Gasteiger partial charge in [-0.3, -0.25) is 14.5 Å². The van der Waals surface area contributed by atoms with Crippen molar-refractivity contribution in [1.29, 1.82) is 0 Å². The van der Waals surface area contributed by atoms with Gasteiger partial charge in [0.2, 0.25) is 11.8 Å². The number of fused-ring (bicyclic) bond motifs is 5. The first-order valence-corrected chi connectivity index (χ1v) is 8.65. The van der Waals surface area contributed by atoms with Crippen molar-refractivity contribution < 1.29 is 9.59 Å². The number of hydrogen-bond acceptors (Lipinski definition) is 3. The van der Waals surface area contributed by atoms with Crippen molar-refractivity contribution in [2.24, 2.45) is 0 Å². The van der Waals surface area contributed by atoms with Gasteiger partial charge in [-0.1, -0.05) is 24.3 Å². The molecule has 0 saturated carbocycles. The third-order valence-corrected chi connectivity index (χ3v) is 5.42. The van der Waals surface area contributed by atoms with Crippen LogP contribution >= 0.6 is 0 Å². The Kier molecular flexibility index (Phi) is 3.81. The molecule has 5 nitrogen and oxygen atoms in total. The Morgan fingerprint density at radius 3 is 2.52 bits per heavy atom. The number of hydrogen-bond donors (Lipinski definition) is 2. The van der Waals surface area contributed by atoms with Crippen LogP contribution in [-0.4, -0.2) is 35.8 Å². The molecular weight excluding hydrogens is 290 g/mol. The second kappa shape index (κ2) is 5.96. The van der Waals surface area contributed by atoms with E-state index in [9.17, 15) is 9.59 Å². The van der Waals surface area contributed by atoms with Crippen LogP contribution in [0.2, 0.25) is 0 Å². The first-order chi connectivity index (χ1) is 11.2. The lowest BCUT2D eigenvalue weighted by Gasteiger charge is -2.23. The lowest BCUT2D eigenvalue weighted by molar-refractivity contribution is -0.129. The maximum Gasteiger partial charge on any atom is 0.242 e. The van der Waals surface area contributed by atoms with Crippen molar-refractivity contribution in [2.75, 3.05) is 13.1 Å². The van der Waals surface area contributed by atoms with Gasteiger partial charge in [-0.2, -0.15) is 0 Å². The Labute approximate surface area is 136 Å². The molecule has 3 atom stereocenters. The molecule has 4 rings (SSSR count). The van der Waals surface area contributed by atoms with Crippen LogP contribution < -0.4 is 10.6 Å². The number of benzene rings is 1. The highest BCUT2D eigenvalue weighted by molar-refractivity contribution is 5.88. The summed E-state index contributed by atoms with van der Waals surface area (Å²) in [6.45, 7) is 1.10. The van der Waals surface area contributed by atoms with Crippen molar-refractivity contribution in [3.63, 3.8) is 0 Å². The van der Waals surface area contributed by atoms with Gasteiger partial charge < -0.3 is 10.6 Å². The molecule has 0 aromatic heterocycles. The Morgan fingerprint density at radius 1 is 1.13 bits per heavy atom. The second-order valence-electron chi connectivity index (χ2n) is 6.82. The van der Waals surface area contributed by atoms with E-state index in [2.05, 4.69) is 39.8 Å². The number of nitrogens with one attached hydrogen (secondary N) is 2. The van der Waals surface area contributed by atoms with E-state index < -0.39 is 0 Å². The van der Waals surface area contributed by atoms with Crippen molar-refractivity contribution in [2.45, 2.75) is 50.2 Å². The molecule has 0 radical (unpaired) electrons. The van der Waals surface area contributed by atoms with E-state index >= 15 is 0 Å². The summed E-state index contributed by atoms with van der Waals surface area (Å²) >= 11 is 0. The maximum atomic E-state index is 12.5. The molecule has 2 fully saturated rings. The first-order valence-electron chi connectivity index (χ1n) is 8.65. The standard InChI is InChI=1S/C18H23N3O2/c22-17(20-14-7-3-4-10-19-18(14)23)11-21-15-8-9-16(21)13-6-2-1-5-12(13)15/h1-2,5-6,14-16H,3-4,7-11H2,(H,19,23)(H,20,22)/t14-,15-,16-/m0/s1. The molecule has 0 aliphatic carbocycles. The summed E-state index contributed by atoms with van der Waals surface area (Å²) in [5, 5.41) is 5.81. The quantitative estimate of drug-likeness (QED) is 0.892. The number of carbonyl (C=O) groups is 2. The van der Waals surface area contributed by atoms with E-state index in [-0.39, 0.29) is 17.9 Å². The van der Waals surface area contributed by atoms with E-state index in [4.69, 9.17) is 0 Å². The van der Waals surface area contributed by atoms with Gasteiger partial charge in [0.1, 0.15) is 6.04 Å². The molecule has 3 aliphatic rings. The fourth-order valence-electron chi connectivity index (χ4n) is 4.35. The molecule has 0 spiro atoms. The summed E-state index contributed by atoms with van der Waals surface area (Å²) in [6, 6.07) is 8.88. The summed E-state index contributed by atoms with van der Waals surface area (Å²) in [5.74, 6) is -0.0692. The third kappa shape index (κ3) is 2.63. The number of nitrogens with zero attached hydrogens (tertiary/aromatic N) is 1. The van der Waals surface area contributed by atoms with Crippen LogP contribution in [0.25, 0.3) is 0 Å². The molecule has 2 saturated heterocycles. The van der Waals surface area contributed by atoms with E-state index in [0.29, 0.717) is 18.6 Å². The van der Waals surface area contributed by atoms with Crippen LogP contribution in [-0.2, 0) is 9.59 Å². The number of rotatable bonds is 3. The molecule has 5 heteroatoms. The van der Waals surface area contributed by atoms with Crippen LogP contribution in [0.3, 0.4) is 0 Å². The lowest BCUT2D eigenvalue weighted by atomic mass is 9.92. The van der Waals surface area contributed by atoms with Gasteiger partial charge in [0.25, 0.3) is 0 Å². The molecule has 3 aliphatic heterocycles. The average molecular weight is 313 g/mol. The normalized spacial score (nSPS) is 29.7. The van der Waals surface area contributed by atoms with E-state index in [1.54, 1.807) is 0 Å². The van der Waals surface area contributed by atoms with Crippen LogP contribution in [0.4, 0.5) is 0 Å². The van der Waals surface area contributed by atoms with Crippen molar-refractivity contribution >= 4 is 11.8 Å². The van der Waals surface area contributed by atoms with Crippen LogP contribution in [0, 0.1) is 0 Å². The highest BCUT2D eigenvalue weighted by atomic mass is 16.2. The monoisotopic (exact) mass is 313 g/mol. The van der Waals surface area contributed by atoms with Crippen LogP contribution in [0.1, 0.15) is 55.3 Å². The van der Waals surface area contributed by atoms with Gasteiger partial charge in [0.05, 0.1) is 6.54 Å². The van der Waals surface area contributed by atoms with Crippen LogP contribution in [0.15, 0.2) is 24.3 Å². The number of amides is 2. The molecule has 1 aromatic rings. The van der Waals surface area contributed by atoms with Gasteiger partial charge >= 0.3 is 0 Å². The number of carbonyl (C=O) groups excluding carboxylic acids is 2. The molecule has 1 aromatic carbocycles. The molecule has 3 heterocycles. The highest BCUT2D eigenvalue weighted by Crippen LogP contribution is 2.52. The molecule has 0 unspecified atom stereocenters. The minimum Gasteiger partial charge on any atom is -0.354 e. The fraction of sp³-hybridized carbons (Fsp3) is 0.556. The summed E-state index contributed by atoms with van der Waals surface area (Å²) in [4.78, 5) is 26.7. The minimum absolute atomic E-state index is 0.0308. The smallest absolute Gasteiger partial charge is 0.242 e. The highest BCUT2D eigenvalue weighted by Gasteiger charge is 2.44. The third-order valence-electron chi connectivity index (χ3n) is 5.42. The first kappa shape index (κ1) is 14.7. The fourth-order valence-corrected chi connectivity index (χ4v) is 4.35.